The molecule has 0 aliphatic heterocycles. The Kier molecular flexibility index (Phi) is 4.90. The lowest BCUT2D eigenvalue weighted by molar-refractivity contribution is -0.138. The topological polar surface area (TPSA) is 66.6 Å². The molecule has 1 rings (SSSR count). The van der Waals surface area contributed by atoms with Gasteiger partial charge in [0.2, 0.25) is 0 Å². The maximum Gasteiger partial charge on any atom is 0.326 e. The van der Waals surface area contributed by atoms with E-state index >= 15 is 0 Å². The summed E-state index contributed by atoms with van der Waals surface area (Å²) in [6, 6.07) is 8.78. The third-order valence-electron chi connectivity index (χ3n) is 2.51. The van der Waals surface area contributed by atoms with Gasteiger partial charge in [0.15, 0.2) is 0 Å². The van der Waals surface area contributed by atoms with Gasteiger partial charge in [0.25, 0.3) is 0 Å². The first kappa shape index (κ1) is 13.4. The van der Waals surface area contributed by atoms with E-state index in [1.165, 1.54) is 0 Å². The van der Waals surface area contributed by atoms with Gasteiger partial charge in [-0.15, -0.1) is 0 Å². The second-order valence-electron chi connectivity index (χ2n) is 3.76. The van der Waals surface area contributed by atoms with Crippen molar-refractivity contribution in [1.29, 1.82) is 0 Å². The first-order valence-corrected chi connectivity index (χ1v) is 5.76. The van der Waals surface area contributed by atoms with Crippen molar-refractivity contribution >= 4 is 28.9 Å². The average Bonchev–Trinajstić information content (AvgIpc) is 2.30. The lowest BCUT2D eigenvalue weighted by Gasteiger charge is -2.28. The summed E-state index contributed by atoms with van der Waals surface area (Å²) in [6.45, 7) is 2.15. The highest BCUT2D eigenvalue weighted by atomic mass is 32.1. The maximum atomic E-state index is 11.1. The summed E-state index contributed by atoms with van der Waals surface area (Å²) in [5.41, 5.74) is 6.31. The van der Waals surface area contributed by atoms with Crippen LogP contribution in [-0.2, 0) is 4.79 Å². The predicted molar refractivity (Wildman–Crippen MR) is 72.3 cm³/mol. The van der Waals surface area contributed by atoms with Crippen molar-refractivity contribution in [2.24, 2.45) is 5.73 Å². The minimum absolute atomic E-state index is 0.392. The van der Waals surface area contributed by atoms with Crippen molar-refractivity contribution < 1.29 is 9.90 Å². The van der Waals surface area contributed by atoms with Crippen LogP contribution in [0.25, 0.3) is 0 Å². The number of aliphatic carboxylic acids is 1. The fourth-order valence-electron chi connectivity index (χ4n) is 1.53. The van der Waals surface area contributed by atoms with Crippen LogP contribution in [0.1, 0.15) is 13.3 Å². The summed E-state index contributed by atoms with van der Waals surface area (Å²) in [5.74, 6) is -0.864. The second kappa shape index (κ2) is 6.20. The molecule has 17 heavy (non-hydrogen) atoms. The van der Waals surface area contributed by atoms with Gasteiger partial charge in [-0.25, -0.2) is 4.79 Å². The van der Waals surface area contributed by atoms with Crippen molar-refractivity contribution in [2.75, 3.05) is 11.4 Å². The molecule has 0 saturated heterocycles. The number of anilines is 1. The van der Waals surface area contributed by atoms with E-state index in [1.807, 2.05) is 30.3 Å². The molecular weight excluding hydrogens is 236 g/mol. The third-order valence-corrected chi connectivity index (χ3v) is 2.72. The summed E-state index contributed by atoms with van der Waals surface area (Å²) in [4.78, 5) is 13.2. The molecule has 0 radical (unpaired) electrons. The average molecular weight is 252 g/mol. The van der Waals surface area contributed by atoms with E-state index < -0.39 is 12.0 Å². The van der Waals surface area contributed by atoms with E-state index in [4.69, 9.17) is 23.1 Å². The molecule has 0 aliphatic carbocycles. The number of nitrogens with two attached hydrogens (primary N) is 1. The Balaban J connectivity index is 2.86. The van der Waals surface area contributed by atoms with Gasteiger partial charge in [0.1, 0.15) is 6.04 Å². The highest BCUT2D eigenvalue weighted by Gasteiger charge is 2.20. The highest BCUT2D eigenvalue weighted by molar-refractivity contribution is 7.80. The molecule has 4 nitrogen and oxygen atoms in total. The number of thiocarbonyl (C=S) groups is 1. The standard InChI is InChI=1S/C12H16N2O2S/c1-9(12(15)16)14(8-7-11(13)17)10-5-3-2-4-6-10/h2-6,9H,7-8H2,1H3,(H2,13,17)(H,15,16). The van der Waals surface area contributed by atoms with Crippen molar-refractivity contribution in [3.8, 4) is 0 Å². The lowest BCUT2D eigenvalue weighted by Crippen LogP contribution is -2.40. The van der Waals surface area contributed by atoms with E-state index in [1.54, 1.807) is 11.8 Å². The van der Waals surface area contributed by atoms with Crippen LogP contribution in [0.4, 0.5) is 5.69 Å². The largest absolute Gasteiger partial charge is 0.480 e. The Bertz CT molecular complexity index is 395. The van der Waals surface area contributed by atoms with Crippen molar-refractivity contribution in [1.82, 2.24) is 0 Å². The number of para-hydroxylation sites is 1. The number of carboxylic acids is 1. The molecule has 5 heteroatoms. The van der Waals surface area contributed by atoms with Crippen molar-refractivity contribution in [3.63, 3.8) is 0 Å². The monoisotopic (exact) mass is 252 g/mol. The smallest absolute Gasteiger partial charge is 0.326 e. The van der Waals surface area contributed by atoms with E-state index in [9.17, 15) is 4.79 Å². The Labute approximate surface area is 106 Å². The van der Waals surface area contributed by atoms with Gasteiger partial charge in [0, 0.05) is 18.7 Å². The van der Waals surface area contributed by atoms with Crippen LogP contribution in [0.3, 0.4) is 0 Å². The number of nitrogens with zero attached hydrogens (tertiary/aromatic N) is 1. The van der Waals surface area contributed by atoms with Crippen LogP contribution in [-0.4, -0.2) is 28.7 Å². The number of benzene rings is 1. The predicted octanol–water partition coefficient (Wildman–Crippen LogP) is 1.64. The maximum absolute atomic E-state index is 11.1. The molecule has 0 bridgehead atoms. The minimum Gasteiger partial charge on any atom is -0.480 e. The van der Waals surface area contributed by atoms with Crippen LogP contribution in [0.2, 0.25) is 0 Å². The zero-order chi connectivity index (χ0) is 12.8. The van der Waals surface area contributed by atoms with Gasteiger partial charge in [-0.1, -0.05) is 30.4 Å². The number of carboxylic acid groups (broad SMARTS) is 1. The summed E-state index contributed by atoms with van der Waals surface area (Å²) >= 11 is 4.82. The molecule has 1 atom stereocenters. The lowest BCUT2D eigenvalue weighted by atomic mass is 10.2. The molecule has 0 fully saturated rings. The quantitative estimate of drug-likeness (QED) is 0.753. The fraction of sp³-hybridized carbons (Fsp3) is 0.333. The second-order valence-corrected chi connectivity index (χ2v) is 4.28. The molecule has 1 aromatic carbocycles. The molecule has 0 spiro atoms. The Hall–Kier alpha value is -1.62. The Morgan fingerprint density at radius 3 is 2.53 bits per heavy atom. The van der Waals surface area contributed by atoms with Crippen LogP contribution in [0, 0.1) is 0 Å². The van der Waals surface area contributed by atoms with Gasteiger partial charge in [0.05, 0.1) is 4.99 Å². The first-order valence-electron chi connectivity index (χ1n) is 5.35. The highest BCUT2D eigenvalue weighted by Crippen LogP contribution is 2.17. The molecule has 0 aromatic heterocycles. The molecule has 0 heterocycles. The number of rotatable bonds is 6. The molecule has 92 valence electrons. The van der Waals surface area contributed by atoms with E-state index in [-0.39, 0.29) is 0 Å². The van der Waals surface area contributed by atoms with Gasteiger partial charge in [-0.2, -0.15) is 0 Å². The fourth-order valence-corrected chi connectivity index (χ4v) is 1.62. The Morgan fingerprint density at radius 2 is 2.06 bits per heavy atom. The summed E-state index contributed by atoms with van der Waals surface area (Å²) in [5, 5.41) is 9.07. The SMILES string of the molecule is CC(C(=O)O)N(CCC(N)=S)c1ccccc1. The molecule has 3 N–H and O–H groups in total. The minimum atomic E-state index is -0.864. The molecule has 0 saturated carbocycles. The zero-order valence-corrected chi connectivity index (χ0v) is 10.5. The number of carbonyl (C=O) groups is 1. The van der Waals surface area contributed by atoms with Crippen LogP contribution in [0.15, 0.2) is 30.3 Å². The summed E-state index contributed by atoms with van der Waals surface area (Å²) in [7, 11) is 0. The first-order chi connectivity index (χ1) is 8.02. The summed E-state index contributed by atoms with van der Waals surface area (Å²) in [6.07, 6.45) is 0.502. The molecule has 0 amide bonds. The van der Waals surface area contributed by atoms with Crippen molar-refractivity contribution in [3.05, 3.63) is 30.3 Å². The van der Waals surface area contributed by atoms with E-state index in [2.05, 4.69) is 0 Å². The van der Waals surface area contributed by atoms with Gasteiger partial charge in [-0.3, -0.25) is 0 Å². The van der Waals surface area contributed by atoms with Crippen LogP contribution < -0.4 is 10.6 Å². The van der Waals surface area contributed by atoms with Crippen LogP contribution >= 0.6 is 12.2 Å². The normalized spacial score (nSPS) is 11.8. The zero-order valence-electron chi connectivity index (χ0n) is 9.67. The van der Waals surface area contributed by atoms with Gasteiger partial charge >= 0.3 is 5.97 Å². The van der Waals surface area contributed by atoms with Crippen LogP contribution in [0.5, 0.6) is 0 Å². The summed E-state index contributed by atoms with van der Waals surface area (Å²) < 4.78 is 0. The third kappa shape index (κ3) is 4.03. The molecule has 1 unspecified atom stereocenters. The number of hydrogen-bond acceptors (Lipinski definition) is 3. The van der Waals surface area contributed by atoms with Gasteiger partial charge in [-0.05, 0) is 19.1 Å². The van der Waals surface area contributed by atoms with Gasteiger partial charge < -0.3 is 15.7 Å². The molecule has 0 aliphatic rings. The Morgan fingerprint density at radius 1 is 1.47 bits per heavy atom. The van der Waals surface area contributed by atoms with E-state index in [0.717, 1.165) is 5.69 Å². The molecule has 1 aromatic rings. The van der Waals surface area contributed by atoms with Crippen molar-refractivity contribution in [2.45, 2.75) is 19.4 Å². The molecular formula is C12H16N2O2S. The number of hydrogen-bond donors (Lipinski definition) is 2. The van der Waals surface area contributed by atoms with E-state index in [0.29, 0.717) is 18.0 Å².